The number of thioether (sulfide) groups is 1. The van der Waals surface area contributed by atoms with Crippen molar-refractivity contribution in [3.63, 3.8) is 0 Å². The SMILES string of the molecule is CSC1CN(c2ccc(-c3cnc(-c4cncc(Cl)c4)s3)cc2)C1.N#CC1(NC(=O)C2CCCCC2)CC1. The van der Waals surface area contributed by atoms with E-state index >= 15 is 0 Å². The second-order valence-corrected chi connectivity index (χ2v) is 12.9. The fourth-order valence-corrected chi connectivity index (χ4v) is 6.53. The average molecular weight is 566 g/mol. The van der Waals surface area contributed by atoms with Crippen molar-refractivity contribution in [1.82, 2.24) is 15.3 Å². The molecule has 9 heteroatoms. The summed E-state index contributed by atoms with van der Waals surface area (Å²) in [6, 6.07) is 12.8. The first-order valence-corrected chi connectivity index (χ1v) is 15.6. The number of halogens is 1. The molecule has 1 N–H and O–H groups in total. The number of hydrogen-bond donors (Lipinski definition) is 1. The van der Waals surface area contributed by atoms with Crippen LogP contribution in [0.3, 0.4) is 0 Å². The highest BCUT2D eigenvalue weighted by Gasteiger charge is 2.45. The molecule has 38 heavy (non-hydrogen) atoms. The van der Waals surface area contributed by atoms with Crippen LogP contribution in [-0.2, 0) is 4.79 Å². The number of carbonyl (C=O) groups excluding carboxylic acids is 1. The number of aromatic nitrogens is 2. The molecule has 0 spiro atoms. The van der Waals surface area contributed by atoms with E-state index in [0.29, 0.717) is 5.02 Å². The van der Waals surface area contributed by atoms with Crippen molar-refractivity contribution in [3.05, 3.63) is 53.9 Å². The number of amides is 1. The quantitative estimate of drug-likeness (QED) is 0.353. The highest BCUT2D eigenvalue weighted by Crippen LogP contribution is 2.36. The summed E-state index contributed by atoms with van der Waals surface area (Å²) in [6.07, 6.45) is 14.8. The van der Waals surface area contributed by atoms with Gasteiger partial charge in [-0.3, -0.25) is 9.78 Å². The van der Waals surface area contributed by atoms with Crippen LogP contribution < -0.4 is 10.2 Å². The van der Waals surface area contributed by atoms with Crippen molar-refractivity contribution in [1.29, 1.82) is 5.26 Å². The first-order valence-electron chi connectivity index (χ1n) is 13.2. The van der Waals surface area contributed by atoms with Gasteiger partial charge in [0.05, 0.1) is 16.0 Å². The van der Waals surface area contributed by atoms with Crippen LogP contribution in [-0.4, -0.2) is 46.0 Å². The Bertz CT molecular complexity index is 1290. The Kier molecular flexibility index (Phi) is 8.57. The zero-order valence-corrected chi connectivity index (χ0v) is 23.9. The molecule has 3 heterocycles. The topological polar surface area (TPSA) is 81.9 Å². The molecule has 0 bridgehead atoms. The average Bonchev–Trinajstić information content (AvgIpc) is 3.52. The molecule has 198 valence electrons. The maximum absolute atomic E-state index is 11.8. The van der Waals surface area contributed by atoms with Gasteiger partial charge in [-0.15, -0.1) is 11.3 Å². The number of nitrogens with zero attached hydrogens (tertiary/aromatic N) is 4. The first-order chi connectivity index (χ1) is 18.5. The normalized spacial score (nSPS) is 18.5. The number of thiazole rings is 1. The van der Waals surface area contributed by atoms with Gasteiger partial charge >= 0.3 is 0 Å². The van der Waals surface area contributed by atoms with Crippen LogP contribution in [0.15, 0.2) is 48.9 Å². The second-order valence-electron chi connectivity index (χ2n) is 10.2. The molecule has 2 saturated carbocycles. The van der Waals surface area contributed by atoms with Crippen molar-refractivity contribution >= 4 is 46.3 Å². The van der Waals surface area contributed by atoms with Crippen LogP contribution in [0.5, 0.6) is 0 Å². The van der Waals surface area contributed by atoms with Crippen molar-refractivity contribution in [2.24, 2.45) is 5.92 Å². The molecule has 2 aliphatic carbocycles. The maximum Gasteiger partial charge on any atom is 0.224 e. The van der Waals surface area contributed by atoms with E-state index < -0.39 is 5.54 Å². The number of nitriles is 1. The summed E-state index contributed by atoms with van der Waals surface area (Å²) in [4.78, 5) is 24.0. The minimum absolute atomic E-state index is 0.115. The molecule has 3 aromatic rings. The van der Waals surface area contributed by atoms with E-state index in [4.69, 9.17) is 16.9 Å². The molecule has 6 nitrogen and oxygen atoms in total. The molecule has 1 aliphatic heterocycles. The minimum Gasteiger partial charge on any atom is -0.369 e. The molecule has 1 amide bonds. The van der Waals surface area contributed by atoms with Gasteiger partial charge in [0.15, 0.2) is 0 Å². The molecule has 0 radical (unpaired) electrons. The van der Waals surface area contributed by atoms with Gasteiger partial charge < -0.3 is 10.2 Å². The third-order valence-electron chi connectivity index (χ3n) is 7.46. The molecule has 6 rings (SSSR count). The number of nitrogens with one attached hydrogen (secondary N) is 1. The molecular weight excluding hydrogens is 534 g/mol. The maximum atomic E-state index is 11.8. The lowest BCUT2D eigenvalue weighted by atomic mass is 9.88. The Balaban J connectivity index is 0.000000179. The van der Waals surface area contributed by atoms with Gasteiger partial charge in [0.25, 0.3) is 0 Å². The minimum atomic E-state index is -0.478. The van der Waals surface area contributed by atoms with E-state index in [-0.39, 0.29) is 11.8 Å². The monoisotopic (exact) mass is 565 g/mol. The highest BCUT2D eigenvalue weighted by atomic mass is 35.5. The van der Waals surface area contributed by atoms with E-state index in [1.807, 2.05) is 24.0 Å². The summed E-state index contributed by atoms with van der Waals surface area (Å²) in [5, 5.41) is 14.1. The lowest BCUT2D eigenvalue weighted by Crippen LogP contribution is -2.48. The van der Waals surface area contributed by atoms with Crippen LogP contribution in [0.25, 0.3) is 21.0 Å². The van der Waals surface area contributed by atoms with Gasteiger partial charge in [0.2, 0.25) is 5.91 Å². The van der Waals surface area contributed by atoms with Gasteiger partial charge in [0.1, 0.15) is 10.5 Å². The molecule has 0 atom stereocenters. The molecule has 1 saturated heterocycles. The van der Waals surface area contributed by atoms with Gasteiger partial charge in [-0.05, 0) is 55.7 Å². The highest BCUT2D eigenvalue weighted by molar-refractivity contribution is 7.99. The largest absolute Gasteiger partial charge is 0.369 e. The lowest BCUT2D eigenvalue weighted by Gasteiger charge is -2.40. The van der Waals surface area contributed by atoms with Crippen LogP contribution in [0.4, 0.5) is 5.69 Å². The molecule has 3 aliphatic rings. The number of anilines is 1. The second kappa shape index (κ2) is 12.1. The summed E-state index contributed by atoms with van der Waals surface area (Å²) < 4.78 is 0. The molecule has 0 unspecified atom stereocenters. The van der Waals surface area contributed by atoms with E-state index in [1.165, 1.54) is 17.7 Å². The Morgan fingerprint density at radius 2 is 1.87 bits per heavy atom. The summed E-state index contributed by atoms with van der Waals surface area (Å²) in [5.41, 5.74) is 2.97. The van der Waals surface area contributed by atoms with Crippen molar-refractivity contribution < 1.29 is 4.79 Å². The Morgan fingerprint density at radius 3 is 2.50 bits per heavy atom. The zero-order chi connectivity index (χ0) is 26.5. The summed E-state index contributed by atoms with van der Waals surface area (Å²) in [7, 11) is 0. The van der Waals surface area contributed by atoms with Gasteiger partial charge in [0, 0.05) is 54.1 Å². The number of pyridine rings is 1. The van der Waals surface area contributed by atoms with E-state index in [9.17, 15) is 4.79 Å². The van der Waals surface area contributed by atoms with E-state index in [1.54, 1.807) is 23.7 Å². The van der Waals surface area contributed by atoms with Crippen LogP contribution in [0, 0.1) is 17.2 Å². The molecule has 3 fully saturated rings. The van der Waals surface area contributed by atoms with Crippen LogP contribution >= 0.6 is 34.7 Å². The number of carbonyl (C=O) groups is 1. The number of hydrogen-bond acceptors (Lipinski definition) is 7. The summed E-state index contributed by atoms with van der Waals surface area (Å²) >= 11 is 9.62. The Labute approximate surface area is 237 Å². The van der Waals surface area contributed by atoms with Crippen LogP contribution in [0.1, 0.15) is 44.9 Å². The smallest absolute Gasteiger partial charge is 0.224 e. The van der Waals surface area contributed by atoms with E-state index in [2.05, 4.69) is 56.8 Å². The zero-order valence-electron chi connectivity index (χ0n) is 21.5. The van der Waals surface area contributed by atoms with Crippen LogP contribution in [0.2, 0.25) is 5.02 Å². The lowest BCUT2D eigenvalue weighted by molar-refractivity contribution is -0.126. The molecule has 1 aromatic carbocycles. The fraction of sp³-hybridized carbons (Fsp3) is 0.448. The molecule has 2 aromatic heterocycles. The predicted molar refractivity (Wildman–Crippen MR) is 158 cm³/mol. The van der Waals surface area contributed by atoms with Gasteiger partial charge in [-0.25, -0.2) is 4.98 Å². The van der Waals surface area contributed by atoms with Gasteiger partial charge in [-0.2, -0.15) is 17.0 Å². The van der Waals surface area contributed by atoms with Crippen molar-refractivity contribution in [3.8, 4) is 27.1 Å². The van der Waals surface area contributed by atoms with E-state index in [0.717, 1.165) is 72.3 Å². The fourth-order valence-electron chi connectivity index (χ4n) is 4.80. The Morgan fingerprint density at radius 1 is 1.13 bits per heavy atom. The number of rotatable bonds is 6. The standard InChI is InChI=1S/C18H16ClN3S2.C11H16N2O/c1-23-16-10-22(11-16)15-4-2-12(3-5-15)17-9-21-18(24-17)13-6-14(19)8-20-7-13;12-8-11(6-7-11)13-10(14)9-4-2-1-3-5-9/h2-9,16H,10-11H2,1H3;9H,1-7H2,(H,13,14). The first kappa shape index (κ1) is 27.0. The Hall–Kier alpha value is -2.60. The summed E-state index contributed by atoms with van der Waals surface area (Å²) in [5.74, 6) is 0.290. The third kappa shape index (κ3) is 6.51. The predicted octanol–water partition coefficient (Wildman–Crippen LogP) is 6.82. The van der Waals surface area contributed by atoms with Crippen molar-refractivity contribution in [2.45, 2.75) is 55.7 Å². The van der Waals surface area contributed by atoms with Gasteiger partial charge in [-0.1, -0.05) is 43.0 Å². The summed E-state index contributed by atoms with van der Waals surface area (Å²) in [6.45, 7) is 2.29. The van der Waals surface area contributed by atoms with Crippen molar-refractivity contribution in [2.75, 3.05) is 24.2 Å². The number of benzene rings is 1. The molecular formula is C29H32ClN5OS2. The third-order valence-corrected chi connectivity index (χ3v) is 9.73.